The number of rotatable bonds is 3. The molecule has 0 saturated carbocycles. The van der Waals surface area contributed by atoms with Gasteiger partial charge in [0.2, 0.25) is 0 Å². The lowest BCUT2D eigenvalue weighted by molar-refractivity contribution is 0.0596. The van der Waals surface area contributed by atoms with Gasteiger partial charge in [-0.25, -0.2) is 9.78 Å². The summed E-state index contributed by atoms with van der Waals surface area (Å²) in [6.07, 6.45) is 0. The Morgan fingerprint density at radius 1 is 1.44 bits per heavy atom. The standard InChI is InChI=1S/C11H8N4O2S/c1-17-10(16)8-9(7-5-3-2-4-6-7)18-11(13-8)14-15-12/h2-6H,1H3. The first-order chi connectivity index (χ1) is 8.76. The number of hydrogen-bond acceptors (Lipinski definition) is 5. The molecule has 1 aromatic carbocycles. The molecular weight excluding hydrogens is 252 g/mol. The number of methoxy groups -OCH3 is 1. The lowest BCUT2D eigenvalue weighted by Crippen LogP contribution is -2.02. The van der Waals surface area contributed by atoms with Crippen LogP contribution in [0.5, 0.6) is 0 Å². The Morgan fingerprint density at radius 3 is 2.78 bits per heavy atom. The largest absolute Gasteiger partial charge is 0.464 e. The highest BCUT2D eigenvalue weighted by atomic mass is 32.1. The molecule has 0 fully saturated rings. The maximum Gasteiger partial charge on any atom is 0.358 e. The SMILES string of the molecule is COC(=O)c1nc(N=[N+]=[N-])sc1-c1ccccc1. The third-order valence-corrected chi connectivity index (χ3v) is 3.15. The van der Waals surface area contributed by atoms with Crippen LogP contribution in [-0.4, -0.2) is 18.1 Å². The van der Waals surface area contributed by atoms with Crippen molar-refractivity contribution in [3.63, 3.8) is 0 Å². The molecular formula is C11H8N4O2S. The molecule has 2 rings (SSSR count). The monoisotopic (exact) mass is 260 g/mol. The highest BCUT2D eigenvalue weighted by Crippen LogP contribution is 2.34. The van der Waals surface area contributed by atoms with Crippen LogP contribution in [0.2, 0.25) is 0 Å². The number of ether oxygens (including phenoxy) is 1. The zero-order valence-corrected chi connectivity index (χ0v) is 10.2. The predicted octanol–water partition coefficient (Wildman–Crippen LogP) is 3.54. The van der Waals surface area contributed by atoms with Gasteiger partial charge in [0.05, 0.1) is 12.0 Å². The second kappa shape index (κ2) is 5.31. The number of carbonyl (C=O) groups excluding carboxylic acids is 1. The minimum atomic E-state index is -0.551. The number of carbonyl (C=O) groups is 1. The van der Waals surface area contributed by atoms with E-state index in [4.69, 9.17) is 5.53 Å². The number of hydrogen-bond donors (Lipinski definition) is 0. The molecule has 0 N–H and O–H groups in total. The van der Waals surface area contributed by atoms with Crippen LogP contribution in [0, 0.1) is 0 Å². The van der Waals surface area contributed by atoms with Crippen LogP contribution < -0.4 is 0 Å². The smallest absolute Gasteiger partial charge is 0.358 e. The van der Waals surface area contributed by atoms with Crippen molar-refractivity contribution in [1.29, 1.82) is 0 Å². The summed E-state index contributed by atoms with van der Waals surface area (Å²) in [7, 11) is 1.28. The molecule has 0 spiro atoms. The van der Waals surface area contributed by atoms with E-state index in [2.05, 4.69) is 19.7 Å². The molecule has 0 amide bonds. The van der Waals surface area contributed by atoms with E-state index < -0.39 is 5.97 Å². The van der Waals surface area contributed by atoms with Crippen molar-refractivity contribution < 1.29 is 9.53 Å². The van der Waals surface area contributed by atoms with Crippen molar-refractivity contribution in [2.75, 3.05) is 7.11 Å². The molecule has 6 nitrogen and oxygen atoms in total. The molecule has 0 aliphatic rings. The van der Waals surface area contributed by atoms with Gasteiger partial charge < -0.3 is 4.74 Å². The van der Waals surface area contributed by atoms with E-state index in [1.807, 2.05) is 30.3 Å². The zero-order valence-electron chi connectivity index (χ0n) is 9.40. The Balaban J connectivity index is 2.57. The Kier molecular flexibility index (Phi) is 3.57. The molecule has 0 radical (unpaired) electrons. The van der Waals surface area contributed by atoms with Gasteiger partial charge in [-0.2, -0.15) is 0 Å². The first-order valence-electron chi connectivity index (χ1n) is 4.96. The molecule has 0 aliphatic heterocycles. The van der Waals surface area contributed by atoms with Gasteiger partial charge in [0, 0.05) is 4.91 Å². The average Bonchev–Trinajstić information content (AvgIpc) is 2.83. The van der Waals surface area contributed by atoms with Gasteiger partial charge in [-0.05, 0) is 16.2 Å². The van der Waals surface area contributed by atoms with E-state index in [0.29, 0.717) is 4.88 Å². The molecule has 7 heteroatoms. The van der Waals surface area contributed by atoms with Crippen LogP contribution in [0.4, 0.5) is 5.13 Å². The lowest BCUT2D eigenvalue weighted by Gasteiger charge is -1.99. The summed E-state index contributed by atoms with van der Waals surface area (Å²) < 4.78 is 4.66. The third-order valence-electron chi connectivity index (χ3n) is 2.16. The Morgan fingerprint density at radius 2 is 2.17 bits per heavy atom. The fraction of sp³-hybridized carbons (Fsp3) is 0.0909. The summed E-state index contributed by atoms with van der Waals surface area (Å²) in [6.45, 7) is 0. The van der Waals surface area contributed by atoms with E-state index in [9.17, 15) is 4.79 Å². The first-order valence-corrected chi connectivity index (χ1v) is 5.77. The van der Waals surface area contributed by atoms with Crippen molar-refractivity contribution in [2.24, 2.45) is 5.11 Å². The number of nitrogens with zero attached hydrogens (tertiary/aromatic N) is 4. The van der Waals surface area contributed by atoms with Crippen molar-refractivity contribution in [3.8, 4) is 10.4 Å². The van der Waals surface area contributed by atoms with Crippen LogP contribution in [0.25, 0.3) is 20.9 Å². The van der Waals surface area contributed by atoms with Crippen LogP contribution in [0.15, 0.2) is 35.4 Å². The van der Waals surface area contributed by atoms with E-state index in [1.165, 1.54) is 7.11 Å². The number of aromatic nitrogens is 1. The molecule has 90 valence electrons. The molecule has 1 aromatic heterocycles. The molecule has 0 bridgehead atoms. The number of thiazole rings is 1. The quantitative estimate of drug-likeness (QED) is 0.366. The second-order valence-electron chi connectivity index (χ2n) is 3.22. The van der Waals surface area contributed by atoms with Gasteiger partial charge in [0.15, 0.2) is 10.8 Å². The lowest BCUT2D eigenvalue weighted by atomic mass is 10.1. The van der Waals surface area contributed by atoms with E-state index in [1.54, 1.807) is 0 Å². The van der Waals surface area contributed by atoms with Gasteiger partial charge in [-0.3, -0.25) is 0 Å². The zero-order chi connectivity index (χ0) is 13.0. The third kappa shape index (κ3) is 2.32. The van der Waals surface area contributed by atoms with E-state index >= 15 is 0 Å². The molecule has 18 heavy (non-hydrogen) atoms. The molecule has 2 aromatic rings. The fourth-order valence-corrected chi connectivity index (χ4v) is 2.29. The molecule has 0 unspecified atom stereocenters. The summed E-state index contributed by atoms with van der Waals surface area (Å²) in [6, 6.07) is 9.27. The first kappa shape index (κ1) is 12.1. The average molecular weight is 260 g/mol. The molecule has 1 heterocycles. The Labute approximate surface area is 106 Å². The van der Waals surface area contributed by atoms with E-state index in [-0.39, 0.29) is 10.8 Å². The normalized spacial score (nSPS) is 9.61. The van der Waals surface area contributed by atoms with Crippen molar-refractivity contribution in [3.05, 3.63) is 46.5 Å². The maximum absolute atomic E-state index is 11.6. The topological polar surface area (TPSA) is 88.0 Å². The summed E-state index contributed by atoms with van der Waals surface area (Å²) in [5.74, 6) is -0.551. The molecule has 0 aliphatic carbocycles. The molecule has 0 atom stereocenters. The van der Waals surface area contributed by atoms with Crippen molar-refractivity contribution in [2.45, 2.75) is 0 Å². The summed E-state index contributed by atoms with van der Waals surface area (Å²) >= 11 is 1.15. The minimum Gasteiger partial charge on any atom is -0.464 e. The van der Waals surface area contributed by atoms with Crippen LogP contribution in [0.1, 0.15) is 10.5 Å². The maximum atomic E-state index is 11.6. The predicted molar refractivity (Wildman–Crippen MR) is 67.7 cm³/mol. The van der Waals surface area contributed by atoms with Gasteiger partial charge >= 0.3 is 5.97 Å². The Hall–Kier alpha value is -2.37. The number of esters is 1. The highest BCUT2D eigenvalue weighted by molar-refractivity contribution is 7.19. The number of azide groups is 1. The Bertz CT molecular complexity index is 617. The molecule has 0 saturated heterocycles. The number of benzene rings is 1. The van der Waals surface area contributed by atoms with Crippen molar-refractivity contribution >= 4 is 22.4 Å². The van der Waals surface area contributed by atoms with Crippen LogP contribution in [-0.2, 0) is 4.74 Å². The summed E-state index contributed by atoms with van der Waals surface area (Å²) in [5.41, 5.74) is 9.39. The van der Waals surface area contributed by atoms with Crippen LogP contribution >= 0.6 is 11.3 Å². The second-order valence-corrected chi connectivity index (χ2v) is 4.20. The fourth-order valence-electron chi connectivity index (χ4n) is 1.41. The highest BCUT2D eigenvalue weighted by Gasteiger charge is 2.19. The van der Waals surface area contributed by atoms with E-state index in [0.717, 1.165) is 16.9 Å². The van der Waals surface area contributed by atoms with Crippen LogP contribution in [0.3, 0.4) is 0 Å². The van der Waals surface area contributed by atoms with Crippen molar-refractivity contribution in [1.82, 2.24) is 4.98 Å². The summed E-state index contributed by atoms with van der Waals surface area (Å²) in [5, 5.41) is 3.60. The van der Waals surface area contributed by atoms with Gasteiger partial charge in [-0.1, -0.05) is 30.3 Å². The van der Waals surface area contributed by atoms with Gasteiger partial charge in [0.25, 0.3) is 0 Å². The van der Waals surface area contributed by atoms with Gasteiger partial charge in [-0.15, -0.1) is 11.3 Å². The minimum absolute atomic E-state index is 0.163. The van der Waals surface area contributed by atoms with Gasteiger partial charge in [0.1, 0.15) is 0 Å². The summed E-state index contributed by atoms with van der Waals surface area (Å²) in [4.78, 5) is 18.9.